The van der Waals surface area contributed by atoms with Gasteiger partial charge < -0.3 is 10.4 Å². The number of piperazine rings is 1. The van der Waals surface area contributed by atoms with Gasteiger partial charge in [-0.3, -0.25) is 4.90 Å². The average Bonchev–Trinajstić information content (AvgIpc) is 2.42. The molecule has 0 aliphatic carbocycles. The smallest absolute Gasteiger partial charge is 0.115 e. The summed E-state index contributed by atoms with van der Waals surface area (Å²) in [6, 6.07) is 8.05. The lowest BCUT2D eigenvalue weighted by molar-refractivity contribution is 0.166. The Balaban J connectivity index is 2.12. The minimum Gasteiger partial charge on any atom is -0.508 e. The molecule has 1 saturated heterocycles. The monoisotopic (exact) mass is 246 g/mol. The van der Waals surface area contributed by atoms with Gasteiger partial charge in [0.25, 0.3) is 0 Å². The van der Waals surface area contributed by atoms with Crippen LogP contribution in [0.25, 0.3) is 0 Å². The van der Waals surface area contributed by atoms with E-state index in [1.54, 1.807) is 12.1 Å². The summed E-state index contributed by atoms with van der Waals surface area (Å²) >= 11 is 0. The van der Waals surface area contributed by atoms with E-state index < -0.39 is 0 Å². The molecular formula is C15H22N2O. The Morgan fingerprint density at radius 3 is 2.56 bits per heavy atom. The summed E-state index contributed by atoms with van der Waals surface area (Å²) in [6.07, 6.45) is 4.10. The number of hydrogen-bond donors (Lipinski definition) is 2. The third kappa shape index (κ3) is 3.34. The Morgan fingerprint density at radius 2 is 1.94 bits per heavy atom. The molecule has 3 heteroatoms. The van der Waals surface area contributed by atoms with E-state index in [1.165, 1.54) is 5.56 Å². The van der Waals surface area contributed by atoms with Crippen LogP contribution in [0.1, 0.15) is 24.4 Å². The Labute approximate surface area is 109 Å². The third-order valence-corrected chi connectivity index (χ3v) is 3.51. The van der Waals surface area contributed by atoms with E-state index in [9.17, 15) is 5.11 Å². The first kappa shape index (κ1) is 13.1. The van der Waals surface area contributed by atoms with Crippen molar-refractivity contribution in [2.45, 2.75) is 18.9 Å². The van der Waals surface area contributed by atoms with E-state index in [1.807, 2.05) is 18.2 Å². The molecule has 1 aromatic carbocycles. The summed E-state index contributed by atoms with van der Waals surface area (Å²) in [5.41, 5.74) is 1.29. The molecule has 98 valence electrons. The van der Waals surface area contributed by atoms with Crippen LogP contribution in [-0.2, 0) is 0 Å². The Morgan fingerprint density at radius 1 is 1.28 bits per heavy atom. The van der Waals surface area contributed by atoms with Gasteiger partial charge in [0.2, 0.25) is 0 Å². The lowest BCUT2D eigenvalue weighted by Gasteiger charge is -2.35. The maximum absolute atomic E-state index is 9.39. The van der Waals surface area contributed by atoms with Crippen molar-refractivity contribution in [3.63, 3.8) is 0 Å². The highest BCUT2D eigenvalue weighted by Gasteiger charge is 2.21. The van der Waals surface area contributed by atoms with Gasteiger partial charge in [-0.15, -0.1) is 6.58 Å². The number of allylic oxidation sites excluding steroid dienone is 1. The van der Waals surface area contributed by atoms with E-state index in [4.69, 9.17) is 0 Å². The lowest BCUT2D eigenvalue weighted by atomic mass is 9.99. The van der Waals surface area contributed by atoms with Crippen LogP contribution in [0.2, 0.25) is 0 Å². The summed E-state index contributed by atoms with van der Waals surface area (Å²) in [5.74, 6) is 0.335. The fourth-order valence-electron chi connectivity index (χ4n) is 2.53. The van der Waals surface area contributed by atoms with Crippen molar-refractivity contribution < 1.29 is 5.11 Å². The molecule has 0 saturated carbocycles. The summed E-state index contributed by atoms with van der Waals surface area (Å²) in [5, 5.41) is 12.8. The molecule has 2 N–H and O–H groups in total. The van der Waals surface area contributed by atoms with Gasteiger partial charge in [-0.25, -0.2) is 0 Å². The highest BCUT2D eigenvalue weighted by atomic mass is 16.3. The standard InChI is InChI=1S/C15H22N2O/c1-2-3-4-15(17-11-9-16-10-12-17)13-5-7-14(18)8-6-13/h2,5-8,15-16,18H,1,3-4,9-12H2/t15-/m1/s1. The normalized spacial score (nSPS) is 18.4. The number of aromatic hydroxyl groups is 1. The highest BCUT2D eigenvalue weighted by Crippen LogP contribution is 2.27. The molecule has 0 amide bonds. The predicted molar refractivity (Wildman–Crippen MR) is 74.7 cm³/mol. The van der Waals surface area contributed by atoms with Gasteiger partial charge in [0.05, 0.1) is 0 Å². The molecule has 18 heavy (non-hydrogen) atoms. The Hall–Kier alpha value is -1.32. The number of benzene rings is 1. The van der Waals surface area contributed by atoms with Crippen molar-refractivity contribution in [3.05, 3.63) is 42.5 Å². The van der Waals surface area contributed by atoms with Crippen molar-refractivity contribution in [2.24, 2.45) is 0 Å². The molecule has 0 spiro atoms. The fraction of sp³-hybridized carbons (Fsp3) is 0.467. The molecular weight excluding hydrogens is 224 g/mol. The van der Waals surface area contributed by atoms with Crippen LogP contribution in [-0.4, -0.2) is 36.2 Å². The quantitative estimate of drug-likeness (QED) is 0.783. The van der Waals surface area contributed by atoms with Crippen molar-refractivity contribution in [3.8, 4) is 5.75 Å². The molecule has 1 atom stereocenters. The SMILES string of the molecule is C=CCC[C@H](c1ccc(O)cc1)N1CCNCC1. The highest BCUT2D eigenvalue weighted by molar-refractivity contribution is 5.28. The number of rotatable bonds is 5. The summed E-state index contributed by atoms with van der Waals surface area (Å²) < 4.78 is 0. The van der Waals surface area contributed by atoms with Gasteiger partial charge in [0, 0.05) is 32.2 Å². The number of nitrogens with zero attached hydrogens (tertiary/aromatic N) is 1. The van der Waals surface area contributed by atoms with Gasteiger partial charge in [-0.2, -0.15) is 0 Å². The van der Waals surface area contributed by atoms with E-state index in [-0.39, 0.29) is 0 Å². The zero-order chi connectivity index (χ0) is 12.8. The molecule has 1 aliphatic rings. The maximum atomic E-state index is 9.39. The number of hydrogen-bond acceptors (Lipinski definition) is 3. The average molecular weight is 246 g/mol. The molecule has 0 aromatic heterocycles. The minimum atomic E-state index is 0.335. The number of phenols is 1. The van der Waals surface area contributed by atoms with Gasteiger partial charge in [-0.05, 0) is 30.5 Å². The first-order chi connectivity index (χ1) is 8.81. The third-order valence-electron chi connectivity index (χ3n) is 3.51. The van der Waals surface area contributed by atoms with E-state index in [2.05, 4.69) is 16.8 Å². The summed E-state index contributed by atoms with van der Waals surface area (Å²) in [6.45, 7) is 8.10. The number of nitrogens with one attached hydrogen (secondary N) is 1. The molecule has 3 nitrogen and oxygen atoms in total. The van der Waals surface area contributed by atoms with Crippen molar-refractivity contribution in [1.82, 2.24) is 10.2 Å². The molecule has 2 rings (SSSR count). The van der Waals surface area contributed by atoms with E-state index >= 15 is 0 Å². The minimum absolute atomic E-state index is 0.335. The zero-order valence-corrected chi connectivity index (χ0v) is 10.8. The summed E-state index contributed by atoms with van der Waals surface area (Å²) in [4.78, 5) is 2.52. The second kappa shape index (κ2) is 6.57. The zero-order valence-electron chi connectivity index (χ0n) is 10.8. The molecule has 1 heterocycles. The topological polar surface area (TPSA) is 35.5 Å². The van der Waals surface area contributed by atoms with Crippen LogP contribution < -0.4 is 5.32 Å². The number of phenolic OH excluding ortho intramolecular Hbond substituents is 1. The van der Waals surface area contributed by atoms with Gasteiger partial charge in [-0.1, -0.05) is 18.2 Å². The van der Waals surface area contributed by atoms with Crippen LogP contribution in [0.5, 0.6) is 5.75 Å². The molecule has 1 aliphatic heterocycles. The lowest BCUT2D eigenvalue weighted by Crippen LogP contribution is -2.45. The molecule has 0 bridgehead atoms. The van der Waals surface area contributed by atoms with Crippen LogP contribution in [0.3, 0.4) is 0 Å². The first-order valence-corrected chi connectivity index (χ1v) is 6.66. The van der Waals surface area contributed by atoms with Crippen molar-refractivity contribution in [2.75, 3.05) is 26.2 Å². The molecule has 1 fully saturated rings. The van der Waals surface area contributed by atoms with Crippen LogP contribution in [0, 0.1) is 0 Å². The first-order valence-electron chi connectivity index (χ1n) is 6.66. The molecule has 0 radical (unpaired) electrons. The Kier molecular flexibility index (Phi) is 4.79. The fourth-order valence-corrected chi connectivity index (χ4v) is 2.53. The van der Waals surface area contributed by atoms with Crippen LogP contribution in [0.15, 0.2) is 36.9 Å². The Bertz CT molecular complexity index is 369. The van der Waals surface area contributed by atoms with E-state index in [0.29, 0.717) is 11.8 Å². The van der Waals surface area contributed by atoms with Gasteiger partial charge >= 0.3 is 0 Å². The van der Waals surface area contributed by atoms with Gasteiger partial charge in [0.15, 0.2) is 0 Å². The van der Waals surface area contributed by atoms with Crippen molar-refractivity contribution >= 4 is 0 Å². The predicted octanol–water partition coefficient (Wildman–Crippen LogP) is 2.30. The van der Waals surface area contributed by atoms with Crippen LogP contribution >= 0.6 is 0 Å². The largest absolute Gasteiger partial charge is 0.508 e. The van der Waals surface area contributed by atoms with Crippen LogP contribution in [0.4, 0.5) is 0 Å². The van der Waals surface area contributed by atoms with Crippen molar-refractivity contribution in [1.29, 1.82) is 0 Å². The molecule has 0 unspecified atom stereocenters. The summed E-state index contributed by atoms with van der Waals surface area (Å²) in [7, 11) is 0. The second-order valence-electron chi connectivity index (χ2n) is 4.76. The second-order valence-corrected chi connectivity index (χ2v) is 4.76. The van der Waals surface area contributed by atoms with E-state index in [0.717, 1.165) is 39.0 Å². The maximum Gasteiger partial charge on any atom is 0.115 e. The molecule has 1 aromatic rings. The van der Waals surface area contributed by atoms with Gasteiger partial charge in [0.1, 0.15) is 5.75 Å².